The van der Waals surface area contributed by atoms with E-state index in [4.69, 9.17) is 20.5 Å². The van der Waals surface area contributed by atoms with Crippen molar-refractivity contribution in [2.45, 2.75) is 148 Å². The molecule has 0 aromatic carbocycles. The second kappa shape index (κ2) is 22.4. The molecule has 0 amide bonds. The molecule has 2 unspecified atom stereocenters. The molecule has 2 atom stereocenters. The van der Waals surface area contributed by atoms with Gasteiger partial charge in [0.15, 0.2) is 12.1 Å². The van der Waals surface area contributed by atoms with Gasteiger partial charge in [-0.3, -0.25) is 9.05 Å². The Balaban J connectivity index is 0.00000648. The quantitative estimate of drug-likeness (QED) is 0.161. The van der Waals surface area contributed by atoms with Crippen LogP contribution in [0.15, 0.2) is 21.4 Å². The fourth-order valence-corrected chi connectivity index (χ4v) is 4.96. The monoisotopic (exact) mass is 562 g/mol. The number of nitrogens with zero attached hydrogens (tertiary/aromatic N) is 4. The molecule has 8 nitrogen and oxygen atoms in total. The van der Waals surface area contributed by atoms with Crippen LogP contribution in [0.4, 0.5) is 11.8 Å². The second-order valence-electron chi connectivity index (χ2n) is 10.2. The Morgan fingerprint density at radius 2 is 0.865 bits per heavy atom. The summed E-state index contributed by atoms with van der Waals surface area (Å²) < 4.78 is 14.2. The summed E-state index contributed by atoms with van der Waals surface area (Å²) in [7, 11) is 0. The van der Waals surface area contributed by atoms with Crippen molar-refractivity contribution in [3.63, 3.8) is 0 Å². The molecule has 2 heterocycles. The van der Waals surface area contributed by atoms with Crippen LogP contribution in [0, 0.1) is 0 Å². The molecular formula is C27H52Cl2N6O2. The van der Waals surface area contributed by atoms with Crippen LogP contribution in [0.5, 0.6) is 0 Å². The summed E-state index contributed by atoms with van der Waals surface area (Å²) in [4.78, 5) is 0. The van der Waals surface area contributed by atoms with Crippen molar-refractivity contribution in [2.24, 2.45) is 0 Å². The van der Waals surface area contributed by atoms with Gasteiger partial charge in [-0.1, -0.05) is 84.5 Å². The van der Waals surface area contributed by atoms with Crippen molar-refractivity contribution >= 4 is 11.8 Å². The fourth-order valence-electron chi connectivity index (χ4n) is 4.96. The molecule has 10 heteroatoms. The van der Waals surface area contributed by atoms with E-state index in [1.54, 1.807) is 0 Å². The molecule has 0 bridgehead atoms. The van der Waals surface area contributed by atoms with Gasteiger partial charge in [-0.25, -0.2) is 0 Å². The molecule has 0 saturated carbocycles. The average molecular weight is 564 g/mol. The molecule has 0 radical (unpaired) electrons. The highest BCUT2D eigenvalue weighted by Gasteiger charge is 2.25. The van der Waals surface area contributed by atoms with Crippen LogP contribution in [0.2, 0.25) is 0 Å². The molecule has 0 spiro atoms. The molecule has 0 fully saturated rings. The molecule has 4 N–H and O–H groups in total. The summed E-state index contributed by atoms with van der Waals surface area (Å²) in [6.07, 6.45) is 27.4. The Kier molecular flexibility index (Phi) is 21.5. The van der Waals surface area contributed by atoms with Crippen molar-refractivity contribution in [1.29, 1.82) is 0 Å². The molecule has 2 rings (SSSR count). The Labute approximate surface area is 237 Å². The maximum Gasteiger partial charge on any atom is 0.293 e. The predicted molar refractivity (Wildman–Crippen MR) is 139 cm³/mol. The first kappa shape index (κ1) is 35.5. The number of hydrogen-bond acceptors (Lipinski definition) is 6. The summed E-state index contributed by atoms with van der Waals surface area (Å²) in [5.41, 5.74) is 11.6. The lowest BCUT2D eigenvalue weighted by atomic mass is 9.98. The predicted octanol–water partition coefficient (Wildman–Crippen LogP) is 0.644. The molecule has 0 aliphatic rings. The largest absolute Gasteiger partial charge is 1.00 e. The average Bonchev–Trinajstić information content (AvgIpc) is 3.48. The summed E-state index contributed by atoms with van der Waals surface area (Å²) in [5.74, 6) is 0.777. The molecule has 0 saturated heterocycles. The van der Waals surface area contributed by atoms with Gasteiger partial charge in [-0.15, -0.1) is 0 Å². The van der Waals surface area contributed by atoms with Crippen molar-refractivity contribution in [3.8, 4) is 0 Å². The van der Waals surface area contributed by atoms with Crippen molar-refractivity contribution in [3.05, 3.63) is 12.4 Å². The first-order valence-corrected chi connectivity index (χ1v) is 14.4. The number of nitrogen functional groups attached to an aromatic ring is 2. The highest BCUT2D eigenvalue weighted by Crippen LogP contribution is 2.22. The van der Waals surface area contributed by atoms with E-state index in [9.17, 15) is 0 Å². The lowest BCUT2D eigenvalue weighted by Gasteiger charge is -2.10. The Morgan fingerprint density at radius 1 is 0.568 bits per heavy atom. The van der Waals surface area contributed by atoms with Crippen LogP contribution in [-0.4, -0.2) is 10.5 Å². The van der Waals surface area contributed by atoms with E-state index >= 15 is 0 Å². The lowest BCUT2D eigenvalue weighted by molar-refractivity contribution is -0.786. The van der Waals surface area contributed by atoms with Gasteiger partial charge in [-0.2, -0.15) is 0 Å². The van der Waals surface area contributed by atoms with Crippen LogP contribution in [0.1, 0.15) is 148 Å². The zero-order valence-electron chi connectivity index (χ0n) is 23.3. The SMILES string of the molecule is CCCCCCCCC(CCCCCC(CCCCCCCC)[n+]1cc(N)on1)[n+]1cc(N)on1.[Cl-].[Cl-]. The summed E-state index contributed by atoms with van der Waals surface area (Å²) in [5, 5.41) is 8.31. The van der Waals surface area contributed by atoms with E-state index in [2.05, 4.69) is 24.4 Å². The number of unbranched alkanes of at least 4 members (excludes halogenated alkanes) is 12. The summed E-state index contributed by atoms with van der Waals surface area (Å²) in [6, 6.07) is 0.733. The molecular weight excluding hydrogens is 511 g/mol. The molecule has 0 aliphatic heterocycles. The van der Waals surface area contributed by atoms with Crippen LogP contribution in [-0.2, 0) is 0 Å². The Bertz CT molecular complexity index is 711. The summed E-state index contributed by atoms with van der Waals surface area (Å²) in [6.45, 7) is 4.52. The number of rotatable bonds is 22. The van der Waals surface area contributed by atoms with Crippen molar-refractivity contribution < 1.29 is 43.2 Å². The Morgan fingerprint density at radius 3 is 1.16 bits per heavy atom. The van der Waals surface area contributed by atoms with Crippen LogP contribution < -0.4 is 45.6 Å². The number of anilines is 2. The lowest BCUT2D eigenvalue weighted by Crippen LogP contribution is -3.00. The third-order valence-corrected chi connectivity index (χ3v) is 7.10. The normalized spacial score (nSPS) is 12.6. The number of hydrogen-bond donors (Lipinski definition) is 2. The van der Waals surface area contributed by atoms with E-state index in [0.717, 1.165) is 25.7 Å². The van der Waals surface area contributed by atoms with Crippen LogP contribution in [0.25, 0.3) is 0 Å². The highest BCUT2D eigenvalue weighted by molar-refractivity contribution is 5.11. The topological polar surface area (TPSA) is 112 Å². The first-order valence-electron chi connectivity index (χ1n) is 14.4. The van der Waals surface area contributed by atoms with Gasteiger partial charge in [-0.05, 0) is 35.0 Å². The number of halogens is 2. The standard InChI is InChI=1S/C27H52N6O2.2ClH/c1-3-5-7-9-11-14-18-24(32-22-26(28)34-30-32)20-16-13-17-21-25(33-23-27(29)35-31-33)19-15-12-10-8-6-4-2;;/h22-25H,3-21,28-29H2,1-2H3;2*1H/q+2;;/p-2. The molecule has 2 aromatic heterocycles. The number of nitrogens with two attached hydrogens (primary N) is 2. The van der Waals surface area contributed by atoms with Gasteiger partial charge in [0.25, 0.3) is 24.2 Å². The third kappa shape index (κ3) is 15.5. The van der Waals surface area contributed by atoms with E-state index in [1.165, 1.54) is 96.3 Å². The minimum Gasteiger partial charge on any atom is -1.00 e. The first-order chi connectivity index (χ1) is 17.1. The molecule has 216 valence electrons. The minimum atomic E-state index is 0. The number of aromatic nitrogens is 4. The third-order valence-electron chi connectivity index (χ3n) is 7.10. The van der Waals surface area contributed by atoms with Crippen LogP contribution in [0.3, 0.4) is 0 Å². The smallest absolute Gasteiger partial charge is 0.293 e. The zero-order valence-corrected chi connectivity index (χ0v) is 24.8. The van der Waals surface area contributed by atoms with E-state index < -0.39 is 0 Å². The van der Waals surface area contributed by atoms with E-state index in [1.807, 2.05) is 21.8 Å². The van der Waals surface area contributed by atoms with Gasteiger partial charge in [0.05, 0.1) is 0 Å². The van der Waals surface area contributed by atoms with Crippen LogP contribution >= 0.6 is 0 Å². The Hall–Kier alpha value is -1.54. The van der Waals surface area contributed by atoms with E-state index in [-0.39, 0.29) is 24.8 Å². The van der Waals surface area contributed by atoms with Gasteiger partial charge in [0.2, 0.25) is 10.5 Å². The van der Waals surface area contributed by atoms with E-state index in [0.29, 0.717) is 23.9 Å². The maximum atomic E-state index is 5.79. The zero-order chi connectivity index (χ0) is 25.1. The second-order valence-corrected chi connectivity index (χ2v) is 10.2. The molecule has 37 heavy (non-hydrogen) atoms. The highest BCUT2D eigenvalue weighted by atomic mass is 35.5. The van der Waals surface area contributed by atoms with Gasteiger partial charge in [0.1, 0.15) is 0 Å². The van der Waals surface area contributed by atoms with Crippen molar-refractivity contribution in [1.82, 2.24) is 10.5 Å². The fraction of sp³-hybridized carbons (Fsp3) is 0.852. The summed E-state index contributed by atoms with van der Waals surface area (Å²) >= 11 is 0. The maximum absolute atomic E-state index is 5.79. The molecule has 0 aliphatic carbocycles. The van der Waals surface area contributed by atoms with Gasteiger partial charge >= 0.3 is 0 Å². The van der Waals surface area contributed by atoms with Gasteiger partial charge in [0, 0.05) is 25.7 Å². The van der Waals surface area contributed by atoms with Crippen molar-refractivity contribution in [2.75, 3.05) is 11.5 Å². The van der Waals surface area contributed by atoms with Gasteiger partial charge < -0.3 is 36.3 Å². The molecule has 2 aromatic rings. The minimum absolute atomic E-state index is 0.